The van der Waals surface area contributed by atoms with Gasteiger partial charge < -0.3 is 4.42 Å². The molecule has 1 N–H and O–H groups in total. The largest absolute Gasteiger partial charge is 0.463 e. The van der Waals surface area contributed by atoms with Crippen LogP contribution in [0.3, 0.4) is 0 Å². The highest BCUT2D eigenvalue weighted by atomic mass is 19.1. The van der Waals surface area contributed by atoms with E-state index in [-0.39, 0.29) is 5.69 Å². The summed E-state index contributed by atoms with van der Waals surface area (Å²) in [6.07, 6.45) is 1.52. The second-order valence-electron chi connectivity index (χ2n) is 3.41. The maximum Gasteiger partial charge on any atom is 0.151 e. The van der Waals surface area contributed by atoms with Gasteiger partial charge in [-0.15, -0.1) is 0 Å². The first-order valence-electron chi connectivity index (χ1n) is 4.96. The van der Waals surface area contributed by atoms with Crippen LogP contribution in [-0.2, 0) is 0 Å². The summed E-state index contributed by atoms with van der Waals surface area (Å²) in [4.78, 5) is 0. The van der Waals surface area contributed by atoms with Gasteiger partial charge in [-0.25, -0.2) is 8.78 Å². The van der Waals surface area contributed by atoms with Crippen LogP contribution in [-0.4, -0.2) is 5.71 Å². The number of hydrazone groups is 1. The van der Waals surface area contributed by atoms with E-state index in [1.807, 2.05) is 0 Å². The van der Waals surface area contributed by atoms with E-state index in [0.717, 1.165) is 12.1 Å². The number of nitrogens with zero attached hydrogens (tertiary/aromatic N) is 1. The average Bonchev–Trinajstić information content (AvgIpc) is 2.81. The van der Waals surface area contributed by atoms with Crippen molar-refractivity contribution in [3.05, 3.63) is 54.0 Å². The highest BCUT2D eigenvalue weighted by molar-refractivity contribution is 5.96. The topological polar surface area (TPSA) is 37.5 Å². The van der Waals surface area contributed by atoms with E-state index in [1.165, 1.54) is 12.3 Å². The molecule has 0 bridgehead atoms. The first-order chi connectivity index (χ1) is 8.16. The van der Waals surface area contributed by atoms with E-state index in [0.29, 0.717) is 11.5 Å². The van der Waals surface area contributed by atoms with Crippen LogP contribution in [0.5, 0.6) is 0 Å². The minimum Gasteiger partial charge on any atom is -0.463 e. The monoisotopic (exact) mass is 236 g/mol. The summed E-state index contributed by atoms with van der Waals surface area (Å²) in [7, 11) is 0. The molecule has 0 atom stereocenters. The second kappa shape index (κ2) is 4.78. The van der Waals surface area contributed by atoms with E-state index in [1.54, 1.807) is 19.1 Å². The van der Waals surface area contributed by atoms with Gasteiger partial charge in [-0.3, -0.25) is 5.43 Å². The standard InChI is InChI=1S/C12H10F2N2O/c1-8(12-3-2-6-17-12)15-16-11-5-4-9(13)7-10(11)14/h2-7,16H,1H3/b15-8-. The number of halogens is 2. The predicted octanol–water partition coefficient (Wildman–Crippen LogP) is 3.39. The molecule has 0 saturated heterocycles. The van der Waals surface area contributed by atoms with Gasteiger partial charge in [0.15, 0.2) is 5.82 Å². The SMILES string of the molecule is C/C(=N/Nc1ccc(F)cc1F)c1ccco1. The minimum atomic E-state index is -0.694. The van der Waals surface area contributed by atoms with E-state index < -0.39 is 11.6 Å². The van der Waals surface area contributed by atoms with Crippen LogP contribution in [0.1, 0.15) is 12.7 Å². The summed E-state index contributed by atoms with van der Waals surface area (Å²) in [6, 6.07) is 6.70. The van der Waals surface area contributed by atoms with Crippen LogP contribution in [0.15, 0.2) is 46.1 Å². The third-order valence-electron chi connectivity index (χ3n) is 2.15. The van der Waals surface area contributed by atoms with Crippen LogP contribution < -0.4 is 5.43 Å². The normalized spacial score (nSPS) is 11.6. The Morgan fingerprint density at radius 2 is 2.12 bits per heavy atom. The van der Waals surface area contributed by atoms with Gasteiger partial charge in [0.05, 0.1) is 12.0 Å². The molecule has 0 fully saturated rings. The van der Waals surface area contributed by atoms with Crippen LogP contribution in [0.2, 0.25) is 0 Å². The zero-order valence-corrected chi connectivity index (χ0v) is 9.08. The molecule has 1 aromatic heterocycles. The number of benzene rings is 1. The molecule has 17 heavy (non-hydrogen) atoms. The quantitative estimate of drug-likeness (QED) is 0.655. The lowest BCUT2D eigenvalue weighted by atomic mass is 10.3. The number of hydrogen-bond donors (Lipinski definition) is 1. The Labute approximate surface area is 96.8 Å². The summed E-state index contributed by atoms with van der Waals surface area (Å²) in [5.74, 6) is -0.735. The van der Waals surface area contributed by atoms with Crippen molar-refractivity contribution in [1.29, 1.82) is 0 Å². The first-order valence-corrected chi connectivity index (χ1v) is 4.96. The summed E-state index contributed by atoms with van der Waals surface area (Å²) in [5.41, 5.74) is 3.19. The molecule has 1 heterocycles. The Kier molecular flexibility index (Phi) is 3.18. The Morgan fingerprint density at radius 3 is 2.76 bits per heavy atom. The fraction of sp³-hybridized carbons (Fsp3) is 0.0833. The summed E-state index contributed by atoms with van der Waals surface area (Å²) >= 11 is 0. The van der Waals surface area contributed by atoms with Crippen LogP contribution >= 0.6 is 0 Å². The molecule has 3 nitrogen and oxygen atoms in total. The molecule has 0 radical (unpaired) electrons. The van der Waals surface area contributed by atoms with E-state index in [9.17, 15) is 8.78 Å². The lowest BCUT2D eigenvalue weighted by Gasteiger charge is -2.03. The molecule has 0 spiro atoms. The molecule has 2 aromatic rings. The average molecular weight is 236 g/mol. The van der Waals surface area contributed by atoms with E-state index in [2.05, 4.69) is 10.5 Å². The summed E-state index contributed by atoms with van der Waals surface area (Å²) in [6.45, 7) is 1.72. The lowest BCUT2D eigenvalue weighted by Crippen LogP contribution is -1.99. The highest BCUT2D eigenvalue weighted by Crippen LogP contribution is 2.15. The fourth-order valence-corrected chi connectivity index (χ4v) is 1.26. The van der Waals surface area contributed by atoms with Gasteiger partial charge in [0.25, 0.3) is 0 Å². The molecule has 2 rings (SSSR count). The van der Waals surface area contributed by atoms with E-state index >= 15 is 0 Å². The predicted molar refractivity (Wildman–Crippen MR) is 60.9 cm³/mol. The van der Waals surface area contributed by atoms with Gasteiger partial charge in [0.1, 0.15) is 17.3 Å². The van der Waals surface area contributed by atoms with Gasteiger partial charge in [0.2, 0.25) is 0 Å². The molecule has 5 heteroatoms. The zero-order valence-electron chi connectivity index (χ0n) is 9.08. The Hall–Kier alpha value is -2.17. The van der Waals surface area contributed by atoms with Crippen molar-refractivity contribution >= 4 is 11.4 Å². The van der Waals surface area contributed by atoms with Crippen molar-refractivity contribution in [2.75, 3.05) is 5.43 Å². The molecule has 88 valence electrons. The van der Waals surface area contributed by atoms with Crippen LogP contribution in [0, 0.1) is 11.6 Å². The van der Waals surface area contributed by atoms with Crippen molar-refractivity contribution in [3.8, 4) is 0 Å². The molecule has 0 saturated carbocycles. The first kappa shape index (κ1) is 11.3. The fourth-order valence-electron chi connectivity index (χ4n) is 1.26. The van der Waals surface area contributed by atoms with Gasteiger partial charge in [0, 0.05) is 6.07 Å². The molecule has 0 amide bonds. The van der Waals surface area contributed by atoms with Crippen LogP contribution in [0.25, 0.3) is 0 Å². The van der Waals surface area contributed by atoms with Crippen molar-refractivity contribution in [1.82, 2.24) is 0 Å². The molecule has 0 unspecified atom stereocenters. The van der Waals surface area contributed by atoms with Crippen molar-refractivity contribution in [2.45, 2.75) is 6.92 Å². The molecule has 0 aliphatic rings. The number of anilines is 1. The smallest absolute Gasteiger partial charge is 0.151 e. The third kappa shape index (κ3) is 2.69. The number of furan rings is 1. The second-order valence-corrected chi connectivity index (χ2v) is 3.41. The highest BCUT2D eigenvalue weighted by Gasteiger charge is 2.03. The minimum absolute atomic E-state index is 0.109. The molecule has 0 aliphatic heterocycles. The van der Waals surface area contributed by atoms with Crippen molar-refractivity contribution < 1.29 is 13.2 Å². The molecular formula is C12H10F2N2O. The molecular weight excluding hydrogens is 226 g/mol. The van der Waals surface area contributed by atoms with Gasteiger partial charge in [-0.1, -0.05) is 0 Å². The van der Waals surface area contributed by atoms with Gasteiger partial charge >= 0.3 is 0 Å². The van der Waals surface area contributed by atoms with Gasteiger partial charge in [-0.05, 0) is 31.2 Å². The Bertz CT molecular complexity index is 535. The Morgan fingerprint density at radius 1 is 1.29 bits per heavy atom. The Balaban J connectivity index is 2.14. The number of hydrogen-bond acceptors (Lipinski definition) is 3. The van der Waals surface area contributed by atoms with Crippen molar-refractivity contribution in [3.63, 3.8) is 0 Å². The zero-order chi connectivity index (χ0) is 12.3. The maximum atomic E-state index is 13.2. The van der Waals surface area contributed by atoms with Crippen LogP contribution in [0.4, 0.5) is 14.5 Å². The summed E-state index contributed by atoms with van der Waals surface area (Å²) in [5, 5.41) is 3.94. The number of rotatable bonds is 3. The van der Waals surface area contributed by atoms with Crippen molar-refractivity contribution in [2.24, 2.45) is 5.10 Å². The number of nitrogens with one attached hydrogen (secondary N) is 1. The maximum absolute atomic E-state index is 13.2. The molecule has 1 aromatic carbocycles. The van der Waals surface area contributed by atoms with E-state index in [4.69, 9.17) is 4.42 Å². The molecule has 0 aliphatic carbocycles. The third-order valence-corrected chi connectivity index (χ3v) is 2.15. The summed E-state index contributed by atoms with van der Waals surface area (Å²) < 4.78 is 31.0. The lowest BCUT2D eigenvalue weighted by molar-refractivity contribution is 0.557. The van der Waals surface area contributed by atoms with Gasteiger partial charge in [-0.2, -0.15) is 5.10 Å².